The van der Waals surface area contributed by atoms with Crippen molar-refractivity contribution in [2.75, 3.05) is 0 Å². The van der Waals surface area contributed by atoms with E-state index in [0.717, 1.165) is 0 Å². The number of hydrogen-bond donors (Lipinski definition) is 0. The molecule has 90 valence electrons. The molecule has 0 fully saturated rings. The number of rotatable bonds is 2. The zero-order valence-corrected chi connectivity index (χ0v) is 10.5. The van der Waals surface area contributed by atoms with E-state index in [0.29, 0.717) is 23.0 Å². The molecule has 0 amide bonds. The molecule has 0 aliphatic carbocycles. The van der Waals surface area contributed by atoms with Crippen molar-refractivity contribution in [1.82, 2.24) is 0 Å². The molecule has 0 N–H and O–H groups in total. The summed E-state index contributed by atoms with van der Waals surface area (Å²) in [7, 11) is 1.47. The first-order valence-corrected chi connectivity index (χ1v) is 7.24. The van der Waals surface area contributed by atoms with Gasteiger partial charge in [0.25, 0.3) is 9.05 Å². The van der Waals surface area contributed by atoms with Crippen LogP contribution in [0.4, 0.5) is 0 Å². The number of halogens is 1. The third-order valence-electron chi connectivity index (χ3n) is 2.44. The third kappa shape index (κ3) is 2.35. The molecule has 17 heavy (non-hydrogen) atoms. The van der Waals surface area contributed by atoms with E-state index in [9.17, 15) is 13.2 Å². The average Bonchev–Trinajstić information content (AvgIpc) is 2.26. The van der Waals surface area contributed by atoms with Crippen LogP contribution in [0.1, 0.15) is 12.5 Å². The summed E-state index contributed by atoms with van der Waals surface area (Å²) >= 11 is 0. The molecule has 0 saturated heterocycles. The van der Waals surface area contributed by atoms with Gasteiger partial charge in [-0.2, -0.15) is 0 Å². The van der Waals surface area contributed by atoms with Gasteiger partial charge in [-0.05, 0) is 30.7 Å². The highest BCUT2D eigenvalue weighted by Crippen LogP contribution is 2.21. The first-order valence-electron chi connectivity index (χ1n) is 4.93. The highest BCUT2D eigenvalue weighted by atomic mass is 35.7. The maximum absolute atomic E-state index is 11.4. The second-order valence-corrected chi connectivity index (χ2v) is 6.12. The van der Waals surface area contributed by atoms with Gasteiger partial charge in [0, 0.05) is 21.6 Å². The van der Waals surface area contributed by atoms with E-state index in [1.165, 1.54) is 18.2 Å². The molecule has 0 spiro atoms. The van der Waals surface area contributed by atoms with Gasteiger partial charge < -0.3 is 4.42 Å². The van der Waals surface area contributed by atoms with Gasteiger partial charge >= 0.3 is 5.63 Å². The Balaban J connectivity index is 2.78. The lowest BCUT2D eigenvalue weighted by Crippen LogP contribution is -2.05. The maximum atomic E-state index is 11.4. The van der Waals surface area contributed by atoms with Crippen LogP contribution in [0.2, 0.25) is 0 Å². The van der Waals surface area contributed by atoms with Crippen LogP contribution in [0.25, 0.3) is 11.0 Å². The average molecular weight is 273 g/mol. The van der Waals surface area contributed by atoms with Crippen LogP contribution in [0.3, 0.4) is 0 Å². The van der Waals surface area contributed by atoms with Gasteiger partial charge in [0.1, 0.15) is 5.58 Å². The van der Waals surface area contributed by atoms with Crippen molar-refractivity contribution in [1.29, 1.82) is 0 Å². The Hall–Kier alpha value is -1.33. The van der Waals surface area contributed by atoms with Crippen LogP contribution in [0.15, 0.2) is 38.4 Å². The fourth-order valence-electron chi connectivity index (χ4n) is 1.54. The predicted molar refractivity (Wildman–Crippen MR) is 64.9 cm³/mol. The maximum Gasteiger partial charge on any atom is 0.339 e. The Morgan fingerprint density at radius 2 is 2.00 bits per heavy atom. The highest BCUT2D eigenvalue weighted by molar-refractivity contribution is 8.13. The van der Waals surface area contributed by atoms with Crippen LogP contribution in [0, 0.1) is 0 Å². The lowest BCUT2D eigenvalue weighted by molar-refractivity contribution is 0.551. The van der Waals surface area contributed by atoms with E-state index in [1.807, 2.05) is 6.92 Å². The molecule has 6 heteroatoms. The van der Waals surface area contributed by atoms with Gasteiger partial charge in [0.15, 0.2) is 0 Å². The Bertz CT molecular complexity index is 731. The summed E-state index contributed by atoms with van der Waals surface area (Å²) in [5, 5.41) is 0.545. The molecule has 0 aliphatic heterocycles. The molecule has 0 saturated carbocycles. The van der Waals surface area contributed by atoms with Crippen molar-refractivity contribution in [3.8, 4) is 0 Å². The van der Waals surface area contributed by atoms with Gasteiger partial charge in [-0.15, -0.1) is 0 Å². The summed E-state index contributed by atoms with van der Waals surface area (Å²) in [5.41, 5.74) is 0.444. The second-order valence-electron chi connectivity index (χ2n) is 3.55. The van der Waals surface area contributed by atoms with E-state index in [-0.39, 0.29) is 4.90 Å². The van der Waals surface area contributed by atoms with Crippen molar-refractivity contribution in [3.63, 3.8) is 0 Å². The van der Waals surface area contributed by atoms with Gasteiger partial charge in [-0.25, -0.2) is 13.2 Å². The lowest BCUT2D eigenvalue weighted by atomic mass is 10.1. The van der Waals surface area contributed by atoms with E-state index < -0.39 is 14.7 Å². The van der Waals surface area contributed by atoms with Crippen LogP contribution in [-0.2, 0) is 15.5 Å². The van der Waals surface area contributed by atoms with Crippen LogP contribution >= 0.6 is 10.7 Å². The van der Waals surface area contributed by atoms with Crippen LogP contribution in [0.5, 0.6) is 0 Å². The van der Waals surface area contributed by atoms with E-state index >= 15 is 0 Å². The molecule has 2 aromatic rings. The molecule has 0 atom stereocenters. The smallest absolute Gasteiger partial charge is 0.339 e. The molecule has 1 aromatic carbocycles. The number of fused-ring (bicyclic) bond motifs is 1. The van der Waals surface area contributed by atoms with Gasteiger partial charge in [0.05, 0.1) is 4.90 Å². The monoisotopic (exact) mass is 272 g/mol. The predicted octanol–water partition coefficient (Wildman–Crippen LogP) is 2.28. The summed E-state index contributed by atoms with van der Waals surface area (Å²) in [6.45, 7) is 1.82. The van der Waals surface area contributed by atoms with Crippen molar-refractivity contribution in [3.05, 3.63) is 40.2 Å². The lowest BCUT2D eigenvalue weighted by Gasteiger charge is -2.01. The highest BCUT2D eigenvalue weighted by Gasteiger charge is 2.12. The molecular weight excluding hydrogens is 264 g/mol. The van der Waals surface area contributed by atoms with Crippen LogP contribution in [-0.4, -0.2) is 8.42 Å². The van der Waals surface area contributed by atoms with E-state index in [1.54, 1.807) is 6.07 Å². The first-order chi connectivity index (χ1) is 7.91. The number of hydrogen-bond acceptors (Lipinski definition) is 4. The number of benzene rings is 1. The molecule has 0 unspecified atom stereocenters. The minimum absolute atomic E-state index is 0.0115. The normalized spacial score (nSPS) is 11.9. The zero-order valence-electron chi connectivity index (χ0n) is 8.94. The van der Waals surface area contributed by atoms with Crippen molar-refractivity contribution >= 4 is 30.7 Å². The van der Waals surface area contributed by atoms with E-state index in [4.69, 9.17) is 15.1 Å². The molecular formula is C11H9ClO4S. The summed E-state index contributed by atoms with van der Waals surface area (Å²) in [6, 6.07) is 5.73. The summed E-state index contributed by atoms with van der Waals surface area (Å²) in [5.74, 6) is 0. The molecule has 1 heterocycles. The minimum Gasteiger partial charge on any atom is -0.423 e. The van der Waals surface area contributed by atoms with E-state index in [2.05, 4.69) is 0 Å². The van der Waals surface area contributed by atoms with Gasteiger partial charge in [-0.3, -0.25) is 0 Å². The minimum atomic E-state index is -3.77. The summed E-state index contributed by atoms with van der Waals surface area (Å²) in [4.78, 5) is 11.4. The van der Waals surface area contributed by atoms with Gasteiger partial charge in [-0.1, -0.05) is 6.92 Å². The van der Waals surface area contributed by atoms with Crippen molar-refractivity contribution in [2.24, 2.45) is 0 Å². The fraction of sp³-hybridized carbons (Fsp3) is 0.182. The van der Waals surface area contributed by atoms with Crippen molar-refractivity contribution < 1.29 is 12.8 Å². The molecule has 0 radical (unpaired) electrons. The molecule has 0 aliphatic rings. The molecule has 0 bridgehead atoms. The van der Waals surface area contributed by atoms with Gasteiger partial charge in [0.2, 0.25) is 0 Å². The largest absolute Gasteiger partial charge is 0.423 e. The van der Waals surface area contributed by atoms with Crippen LogP contribution < -0.4 is 5.63 Å². The SMILES string of the molecule is CCc1cc2cc(S(=O)(=O)Cl)ccc2oc1=O. The topological polar surface area (TPSA) is 64.3 Å². The summed E-state index contributed by atoms with van der Waals surface area (Å²) < 4.78 is 27.4. The quantitative estimate of drug-likeness (QED) is 0.621. The Morgan fingerprint density at radius 3 is 2.59 bits per heavy atom. The third-order valence-corrected chi connectivity index (χ3v) is 3.79. The molecule has 2 rings (SSSR count). The van der Waals surface area contributed by atoms with Crippen molar-refractivity contribution in [2.45, 2.75) is 18.2 Å². The first kappa shape index (κ1) is 12.1. The zero-order chi connectivity index (χ0) is 12.6. The number of aryl methyl sites for hydroxylation is 1. The summed E-state index contributed by atoms with van der Waals surface area (Å²) in [6.07, 6.45) is 0.524. The molecule has 4 nitrogen and oxygen atoms in total. The molecule has 1 aromatic heterocycles. The Morgan fingerprint density at radius 1 is 1.29 bits per heavy atom. The Labute approximate surface area is 102 Å². The Kier molecular flexibility index (Phi) is 2.97. The second kappa shape index (κ2) is 4.16. The fourth-order valence-corrected chi connectivity index (χ4v) is 2.33. The standard InChI is InChI=1S/C11H9ClO4S/c1-2-7-5-8-6-9(17(12,14)15)3-4-10(8)16-11(7)13/h3-6H,2H2,1H3.